The first-order valence-electron chi connectivity index (χ1n) is 9.10. The molecule has 3 rings (SSSR count). The molecule has 1 amide bonds. The van der Waals surface area contributed by atoms with Crippen molar-refractivity contribution in [3.05, 3.63) is 59.9 Å². The minimum absolute atomic E-state index is 0.143. The monoisotopic (exact) mass is 340 g/mol. The van der Waals surface area contributed by atoms with Crippen molar-refractivity contribution < 1.29 is 9.18 Å². The Balaban J connectivity index is 1.52. The average molecular weight is 340 g/mol. The second kappa shape index (κ2) is 8.65. The van der Waals surface area contributed by atoms with Crippen LogP contribution in [-0.4, -0.2) is 11.9 Å². The Kier molecular flexibility index (Phi) is 6.04. The molecule has 0 radical (unpaired) electrons. The van der Waals surface area contributed by atoms with Gasteiger partial charge in [0.2, 0.25) is 5.91 Å². The van der Waals surface area contributed by atoms with Gasteiger partial charge in [-0.25, -0.2) is 4.39 Å². The number of anilines is 2. The van der Waals surface area contributed by atoms with Crippen molar-refractivity contribution in [3.8, 4) is 0 Å². The number of halogens is 1. The highest BCUT2D eigenvalue weighted by Crippen LogP contribution is 2.22. The van der Waals surface area contributed by atoms with Gasteiger partial charge in [0.05, 0.1) is 6.42 Å². The highest BCUT2D eigenvalue weighted by molar-refractivity contribution is 5.92. The van der Waals surface area contributed by atoms with Gasteiger partial charge in [0.25, 0.3) is 0 Å². The highest BCUT2D eigenvalue weighted by Gasteiger charge is 2.12. The van der Waals surface area contributed by atoms with E-state index >= 15 is 0 Å². The number of benzene rings is 2. The fourth-order valence-electron chi connectivity index (χ4n) is 3.35. The molecule has 4 heteroatoms. The fraction of sp³-hybridized carbons (Fsp3) is 0.381. The van der Waals surface area contributed by atoms with E-state index in [9.17, 15) is 9.18 Å². The maximum Gasteiger partial charge on any atom is 0.228 e. The van der Waals surface area contributed by atoms with Gasteiger partial charge in [0, 0.05) is 17.4 Å². The first-order valence-corrected chi connectivity index (χ1v) is 9.10. The lowest BCUT2D eigenvalue weighted by atomic mass is 10.1. The Bertz CT molecular complexity index is 691. The van der Waals surface area contributed by atoms with Crippen LogP contribution in [0.4, 0.5) is 15.8 Å². The van der Waals surface area contributed by atoms with Gasteiger partial charge in [-0.1, -0.05) is 37.8 Å². The van der Waals surface area contributed by atoms with Crippen LogP contribution < -0.4 is 10.6 Å². The molecular formula is C21H25FN2O. The Morgan fingerprint density at radius 1 is 0.960 bits per heavy atom. The van der Waals surface area contributed by atoms with Crippen LogP contribution in [0.2, 0.25) is 0 Å². The molecule has 0 atom stereocenters. The maximum atomic E-state index is 13.2. The van der Waals surface area contributed by atoms with Crippen LogP contribution >= 0.6 is 0 Å². The standard InChI is InChI=1S/C21H25FN2O/c22-17-7-5-6-16(14-17)15-21(25)24-20-12-10-19(11-13-20)23-18-8-3-1-2-4-9-18/h5-7,10-14,18,23H,1-4,8-9,15H2,(H,24,25). The first kappa shape index (κ1) is 17.5. The van der Waals surface area contributed by atoms with E-state index in [1.165, 1.54) is 50.7 Å². The molecule has 2 N–H and O–H groups in total. The summed E-state index contributed by atoms with van der Waals surface area (Å²) in [5, 5.41) is 6.45. The van der Waals surface area contributed by atoms with Crippen LogP contribution in [-0.2, 0) is 11.2 Å². The number of hydrogen-bond donors (Lipinski definition) is 2. The lowest BCUT2D eigenvalue weighted by molar-refractivity contribution is -0.115. The van der Waals surface area contributed by atoms with Crippen LogP contribution in [0.5, 0.6) is 0 Å². The van der Waals surface area contributed by atoms with Gasteiger partial charge in [-0.3, -0.25) is 4.79 Å². The van der Waals surface area contributed by atoms with E-state index in [0.29, 0.717) is 11.6 Å². The van der Waals surface area contributed by atoms with Gasteiger partial charge < -0.3 is 10.6 Å². The maximum absolute atomic E-state index is 13.2. The number of nitrogens with one attached hydrogen (secondary N) is 2. The number of carbonyl (C=O) groups excluding carboxylic acids is 1. The van der Waals surface area contributed by atoms with Crippen LogP contribution in [0.3, 0.4) is 0 Å². The third kappa shape index (κ3) is 5.59. The van der Waals surface area contributed by atoms with Gasteiger partial charge in [-0.05, 0) is 54.8 Å². The molecule has 2 aromatic rings. The second-order valence-corrected chi connectivity index (χ2v) is 6.77. The second-order valence-electron chi connectivity index (χ2n) is 6.77. The summed E-state index contributed by atoms with van der Waals surface area (Å²) in [4.78, 5) is 12.1. The fourth-order valence-corrected chi connectivity index (χ4v) is 3.35. The van der Waals surface area contributed by atoms with E-state index in [0.717, 1.165) is 11.4 Å². The van der Waals surface area contributed by atoms with E-state index in [1.54, 1.807) is 12.1 Å². The van der Waals surface area contributed by atoms with Crippen molar-refractivity contribution in [1.29, 1.82) is 0 Å². The van der Waals surface area contributed by atoms with Gasteiger partial charge in [0.1, 0.15) is 5.82 Å². The lowest BCUT2D eigenvalue weighted by Gasteiger charge is -2.18. The number of carbonyl (C=O) groups is 1. The zero-order chi connectivity index (χ0) is 17.5. The van der Waals surface area contributed by atoms with Crippen molar-refractivity contribution in [3.63, 3.8) is 0 Å². The number of hydrogen-bond acceptors (Lipinski definition) is 2. The quantitative estimate of drug-likeness (QED) is 0.740. The summed E-state index contributed by atoms with van der Waals surface area (Å²) in [5.41, 5.74) is 2.52. The molecule has 0 spiro atoms. The zero-order valence-corrected chi connectivity index (χ0v) is 14.4. The predicted molar refractivity (Wildman–Crippen MR) is 100 cm³/mol. The van der Waals surface area contributed by atoms with Gasteiger partial charge in [-0.2, -0.15) is 0 Å². The highest BCUT2D eigenvalue weighted by atomic mass is 19.1. The molecular weight excluding hydrogens is 315 g/mol. The molecule has 0 aliphatic heterocycles. The summed E-state index contributed by atoms with van der Waals surface area (Å²) in [5.74, 6) is -0.464. The van der Waals surface area contributed by atoms with E-state index in [1.807, 2.05) is 24.3 Å². The third-order valence-electron chi connectivity index (χ3n) is 4.65. The van der Waals surface area contributed by atoms with Crippen LogP contribution in [0, 0.1) is 5.82 Å². The normalized spacial score (nSPS) is 15.4. The molecule has 132 valence electrons. The minimum Gasteiger partial charge on any atom is -0.382 e. The van der Waals surface area contributed by atoms with Crippen LogP contribution in [0.15, 0.2) is 48.5 Å². The summed E-state index contributed by atoms with van der Waals surface area (Å²) < 4.78 is 13.2. The van der Waals surface area contributed by atoms with Gasteiger partial charge in [0.15, 0.2) is 0 Å². The van der Waals surface area contributed by atoms with Crippen LogP contribution in [0.1, 0.15) is 44.1 Å². The van der Waals surface area contributed by atoms with E-state index in [-0.39, 0.29) is 18.1 Å². The zero-order valence-electron chi connectivity index (χ0n) is 14.4. The summed E-state index contributed by atoms with van der Waals surface area (Å²) in [7, 11) is 0. The van der Waals surface area contributed by atoms with E-state index in [4.69, 9.17) is 0 Å². The number of rotatable bonds is 5. The SMILES string of the molecule is O=C(Cc1cccc(F)c1)Nc1ccc(NC2CCCCCC2)cc1. The van der Waals surface area contributed by atoms with Crippen molar-refractivity contribution in [1.82, 2.24) is 0 Å². The smallest absolute Gasteiger partial charge is 0.228 e. The summed E-state index contributed by atoms with van der Waals surface area (Å²) in [6.07, 6.45) is 7.90. The van der Waals surface area contributed by atoms with E-state index < -0.39 is 0 Å². The van der Waals surface area contributed by atoms with Gasteiger partial charge in [-0.15, -0.1) is 0 Å². The predicted octanol–water partition coefficient (Wildman–Crippen LogP) is 5.14. The molecule has 25 heavy (non-hydrogen) atoms. The molecule has 1 aliphatic rings. The molecule has 0 unspecified atom stereocenters. The largest absolute Gasteiger partial charge is 0.382 e. The third-order valence-corrected chi connectivity index (χ3v) is 4.65. The summed E-state index contributed by atoms with van der Waals surface area (Å²) in [6.45, 7) is 0. The molecule has 0 bridgehead atoms. The molecule has 1 fully saturated rings. The van der Waals surface area contributed by atoms with Gasteiger partial charge >= 0.3 is 0 Å². The Hall–Kier alpha value is -2.36. The first-order chi connectivity index (χ1) is 12.2. The Morgan fingerprint density at radius 3 is 2.32 bits per heavy atom. The summed E-state index contributed by atoms with van der Waals surface area (Å²) in [6, 6.07) is 14.5. The van der Waals surface area contributed by atoms with Crippen molar-refractivity contribution in [2.75, 3.05) is 10.6 Å². The van der Waals surface area contributed by atoms with Crippen LogP contribution in [0.25, 0.3) is 0 Å². The molecule has 2 aromatic carbocycles. The van der Waals surface area contributed by atoms with E-state index in [2.05, 4.69) is 10.6 Å². The molecule has 1 saturated carbocycles. The molecule has 0 saturated heterocycles. The topological polar surface area (TPSA) is 41.1 Å². The molecule has 0 heterocycles. The Labute approximate surface area is 148 Å². The van der Waals surface area contributed by atoms with Crippen molar-refractivity contribution in [2.45, 2.75) is 51.0 Å². The molecule has 3 nitrogen and oxygen atoms in total. The molecule has 1 aliphatic carbocycles. The van der Waals surface area contributed by atoms with Crippen molar-refractivity contribution >= 4 is 17.3 Å². The van der Waals surface area contributed by atoms with Crippen molar-refractivity contribution in [2.24, 2.45) is 0 Å². The minimum atomic E-state index is -0.320. The lowest BCUT2D eigenvalue weighted by Crippen LogP contribution is -2.18. The number of amides is 1. The molecule has 0 aromatic heterocycles. The Morgan fingerprint density at radius 2 is 1.64 bits per heavy atom. The average Bonchev–Trinajstić information content (AvgIpc) is 2.85. The summed E-state index contributed by atoms with van der Waals surface area (Å²) >= 11 is 0.